The molecule has 0 heterocycles. The first-order valence-electron chi connectivity index (χ1n) is 6.17. The van der Waals surface area contributed by atoms with Gasteiger partial charge < -0.3 is 5.32 Å². The van der Waals surface area contributed by atoms with Crippen LogP contribution in [0.1, 0.15) is 24.9 Å². The van der Waals surface area contributed by atoms with Crippen molar-refractivity contribution in [1.29, 1.82) is 0 Å². The lowest BCUT2D eigenvalue weighted by atomic mass is 10.0. The molecule has 1 unspecified atom stereocenters. The Morgan fingerprint density at radius 2 is 1.70 bits per heavy atom. The Bertz CT molecular complexity index is 616. The van der Waals surface area contributed by atoms with Crippen LogP contribution in [0.25, 0.3) is 0 Å². The van der Waals surface area contributed by atoms with E-state index in [9.17, 15) is 0 Å². The van der Waals surface area contributed by atoms with Crippen LogP contribution >= 0.6 is 50.7 Å². The van der Waals surface area contributed by atoms with Crippen LogP contribution < -0.4 is 5.32 Å². The maximum atomic E-state index is 6.08. The van der Waals surface area contributed by atoms with Gasteiger partial charge in [0.15, 0.2) is 0 Å². The summed E-state index contributed by atoms with van der Waals surface area (Å²) in [5.74, 6) is 0. The molecule has 20 heavy (non-hydrogen) atoms. The Balaban J connectivity index is 2.23. The summed E-state index contributed by atoms with van der Waals surface area (Å²) in [5.41, 5.74) is 2.10. The van der Waals surface area contributed by atoms with Crippen molar-refractivity contribution in [2.24, 2.45) is 0 Å². The van der Waals surface area contributed by atoms with Crippen molar-refractivity contribution in [3.8, 4) is 0 Å². The molecule has 1 nitrogen and oxygen atoms in total. The van der Waals surface area contributed by atoms with E-state index >= 15 is 0 Å². The van der Waals surface area contributed by atoms with Crippen molar-refractivity contribution in [3.05, 3.63) is 61.5 Å². The van der Waals surface area contributed by atoms with Gasteiger partial charge in [-0.05, 0) is 58.2 Å². The molecule has 0 radical (unpaired) electrons. The maximum Gasteiger partial charge on any atom is 0.0595 e. The molecule has 106 valence electrons. The summed E-state index contributed by atoms with van der Waals surface area (Å²) in [4.78, 5) is 0. The smallest absolute Gasteiger partial charge is 0.0595 e. The normalized spacial score (nSPS) is 12.2. The van der Waals surface area contributed by atoms with E-state index in [2.05, 4.69) is 28.2 Å². The minimum Gasteiger partial charge on any atom is -0.378 e. The number of hydrogen-bond acceptors (Lipinski definition) is 1. The molecule has 0 aliphatic heterocycles. The fraction of sp³-hybridized carbons (Fsp3) is 0.200. The molecule has 0 aliphatic carbocycles. The van der Waals surface area contributed by atoms with Gasteiger partial charge in [-0.2, -0.15) is 0 Å². The van der Waals surface area contributed by atoms with Crippen molar-refractivity contribution in [2.45, 2.75) is 19.4 Å². The van der Waals surface area contributed by atoms with Crippen LogP contribution in [0.4, 0.5) is 5.69 Å². The van der Waals surface area contributed by atoms with Crippen molar-refractivity contribution >= 4 is 56.4 Å². The molecule has 0 aromatic heterocycles. The molecule has 2 aromatic rings. The van der Waals surface area contributed by atoms with Crippen LogP contribution in [0.3, 0.4) is 0 Å². The second kappa shape index (κ2) is 7.04. The van der Waals surface area contributed by atoms with Gasteiger partial charge >= 0.3 is 0 Å². The van der Waals surface area contributed by atoms with Crippen molar-refractivity contribution < 1.29 is 0 Å². The van der Waals surface area contributed by atoms with E-state index in [0.29, 0.717) is 15.1 Å². The minimum absolute atomic E-state index is 0.165. The zero-order valence-electron chi connectivity index (χ0n) is 10.8. The zero-order valence-corrected chi connectivity index (χ0v) is 14.6. The van der Waals surface area contributed by atoms with Crippen molar-refractivity contribution in [1.82, 2.24) is 0 Å². The average molecular weight is 394 g/mol. The fourth-order valence-corrected chi connectivity index (χ4v) is 2.74. The standard InChI is InChI=1S/C15H13BrCl3N/c1-2-15(9-3-5-13(18)14(19)7-9)20-10-4-6-12(17)11(16)8-10/h3-8,15,20H,2H2,1H3. The summed E-state index contributed by atoms with van der Waals surface area (Å²) in [6, 6.07) is 11.6. The van der Waals surface area contributed by atoms with Crippen LogP contribution in [-0.2, 0) is 0 Å². The number of benzene rings is 2. The molecular weight excluding hydrogens is 380 g/mol. The fourth-order valence-electron chi connectivity index (χ4n) is 1.94. The van der Waals surface area contributed by atoms with Crippen LogP contribution in [0.2, 0.25) is 15.1 Å². The summed E-state index contributed by atoms with van der Waals surface area (Å²) in [6.07, 6.45) is 0.929. The Kier molecular flexibility index (Phi) is 5.62. The molecule has 0 saturated heterocycles. The first-order chi connectivity index (χ1) is 9.51. The van der Waals surface area contributed by atoms with Crippen LogP contribution in [-0.4, -0.2) is 0 Å². The maximum absolute atomic E-state index is 6.08. The molecule has 0 bridgehead atoms. The van der Waals surface area contributed by atoms with Crippen LogP contribution in [0, 0.1) is 0 Å². The lowest BCUT2D eigenvalue weighted by molar-refractivity contribution is 0.749. The second-order valence-corrected chi connectivity index (χ2v) is 6.48. The van der Waals surface area contributed by atoms with Gasteiger partial charge in [-0.25, -0.2) is 0 Å². The number of anilines is 1. The average Bonchev–Trinajstić information content (AvgIpc) is 2.43. The van der Waals surface area contributed by atoms with Crippen molar-refractivity contribution in [2.75, 3.05) is 5.32 Å². The second-order valence-electron chi connectivity index (χ2n) is 4.41. The Morgan fingerprint density at radius 1 is 1.00 bits per heavy atom. The van der Waals surface area contributed by atoms with Gasteiger partial charge in [0.05, 0.1) is 21.1 Å². The number of hydrogen-bond donors (Lipinski definition) is 1. The van der Waals surface area contributed by atoms with E-state index in [1.807, 2.05) is 36.4 Å². The molecule has 0 aliphatic rings. The predicted octanol–water partition coefficient (Wildman–Crippen LogP) is 6.97. The Morgan fingerprint density at radius 3 is 2.30 bits per heavy atom. The highest BCUT2D eigenvalue weighted by Gasteiger charge is 2.11. The third kappa shape index (κ3) is 3.82. The van der Waals surface area contributed by atoms with Gasteiger partial charge in [-0.3, -0.25) is 0 Å². The topological polar surface area (TPSA) is 12.0 Å². The van der Waals surface area contributed by atoms with E-state index in [4.69, 9.17) is 34.8 Å². The quantitative estimate of drug-likeness (QED) is 0.591. The third-order valence-corrected chi connectivity index (χ3v) is 4.97. The van der Waals surface area contributed by atoms with E-state index in [0.717, 1.165) is 22.1 Å². The van der Waals surface area contributed by atoms with Gasteiger partial charge in [-0.15, -0.1) is 0 Å². The van der Waals surface area contributed by atoms with Gasteiger partial charge in [0, 0.05) is 10.2 Å². The summed E-state index contributed by atoms with van der Waals surface area (Å²) >= 11 is 21.5. The highest BCUT2D eigenvalue weighted by molar-refractivity contribution is 9.10. The molecule has 0 fully saturated rings. The van der Waals surface area contributed by atoms with Gasteiger partial charge in [0.25, 0.3) is 0 Å². The Hall–Kier alpha value is -0.410. The number of rotatable bonds is 4. The van der Waals surface area contributed by atoms with Gasteiger partial charge in [-0.1, -0.05) is 47.8 Å². The first-order valence-corrected chi connectivity index (χ1v) is 8.10. The number of nitrogens with one attached hydrogen (secondary N) is 1. The SMILES string of the molecule is CCC(Nc1ccc(Cl)c(Br)c1)c1ccc(Cl)c(Cl)c1. The highest BCUT2D eigenvalue weighted by Crippen LogP contribution is 2.31. The molecule has 2 aromatic carbocycles. The van der Waals surface area contributed by atoms with E-state index < -0.39 is 0 Å². The summed E-state index contributed by atoms with van der Waals surface area (Å²) < 4.78 is 0.869. The van der Waals surface area contributed by atoms with Crippen LogP contribution in [0.5, 0.6) is 0 Å². The molecule has 1 N–H and O–H groups in total. The van der Waals surface area contributed by atoms with Crippen molar-refractivity contribution in [3.63, 3.8) is 0 Å². The Labute approximate surface area is 142 Å². The number of halogens is 4. The van der Waals surface area contributed by atoms with Gasteiger partial charge in [0.1, 0.15) is 0 Å². The summed E-state index contributed by atoms with van der Waals surface area (Å²) in [7, 11) is 0. The van der Waals surface area contributed by atoms with E-state index in [-0.39, 0.29) is 6.04 Å². The monoisotopic (exact) mass is 391 g/mol. The zero-order chi connectivity index (χ0) is 14.7. The molecule has 5 heteroatoms. The first kappa shape index (κ1) is 16.0. The van der Waals surface area contributed by atoms with E-state index in [1.165, 1.54) is 0 Å². The lowest BCUT2D eigenvalue weighted by Crippen LogP contribution is -2.09. The molecule has 0 spiro atoms. The molecule has 2 rings (SSSR count). The summed E-state index contributed by atoms with van der Waals surface area (Å²) in [5, 5.41) is 5.30. The molecule has 1 atom stereocenters. The molecule has 0 amide bonds. The largest absolute Gasteiger partial charge is 0.378 e. The summed E-state index contributed by atoms with van der Waals surface area (Å²) in [6.45, 7) is 2.12. The van der Waals surface area contributed by atoms with E-state index in [1.54, 1.807) is 0 Å². The third-order valence-electron chi connectivity index (χ3n) is 3.01. The van der Waals surface area contributed by atoms with Gasteiger partial charge in [0.2, 0.25) is 0 Å². The lowest BCUT2D eigenvalue weighted by Gasteiger charge is -2.19. The molecule has 0 saturated carbocycles. The van der Waals surface area contributed by atoms with Crippen LogP contribution in [0.15, 0.2) is 40.9 Å². The molecular formula is C15H13BrCl3N. The minimum atomic E-state index is 0.165. The predicted molar refractivity (Wildman–Crippen MR) is 92.3 cm³/mol. The highest BCUT2D eigenvalue weighted by atomic mass is 79.9.